The number of benzene rings is 3. The smallest absolute Gasteiger partial charge is 0.321 e. The van der Waals surface area contributed by atoms with Crippen LogP contribution in [0.5, 0.6) is 0 Å². The van der Waals surface area contributed by atoms with Gasteiger partial charge in [-0.3, -0.25) is 0 Å². The van der Waals surface area contributed by atoms with Crippen LogP contribution in [0.2, 0.25) is 0 Å². The van der Waals surface area contributed by atoms with Crippen LogP contribution in [-0.2, 0) is 0 Å². The summed E-state index contributed by atoms with van der Waals surface area (Å²) in [6.45, 7) is 5.25. The van der Waals surface area contributed by atoms with Gasteiger partial charge in [0.05, 0.1) is 22.4 Å². The Bertz CT molecular complexity index is 1160. The van der Waals surface area contributed by atoms with E-state index in [1.807, 2.05) is 92.7 Å². The fraction of sp³-hybridized carbons (Fsp3) is 0.160. The lowest BCUT2D eigenvalue weighted by Crippen LogP contribution is -2.34. The first-order valence-electron chi connectivity index (χ1n) is 10.2. The number of urea groups is 1. The molecule has 0 saturated heterocycles. The van der Waals surface area contributed by atoms with Gasteiger partial charge in [0.15, 0.2) is 0 Å². The number of aromatic nitrogens is 2. The second-order valence-corrected chi connectivity index (χ2v) is 6.96. The van der Waals surface area contributed by atoms with Gasteiger partial charge in [0.2, 0.25) is 0 Å². The monoisotopic (exact) mass is 396 g/mol. The van der Waals surface area contributed by atoms with Crippen molar-refractivity contribution < 1.29 is 4.79 Å². The summed E-state index contributed by atoms with van der Waals surface area (Å²) in [6, 6.07) is 25.7. The lowest BCUT2D eigenvalue weighted by molar-refractivity contribution is 0.217. The van der Waals surface area contributed by atoms with Gasteiger partial charge in [-0.25, -0.2) is 14.8 Å². The van der Waals surface area contributed by atoms with Crippen molar-refractivity contribution in [2.75, 3.05) is 18.4 Å². The zero-order valence-corrected chi connectivity index (χ0v) is 17.2. The van der Waals surface area contributed by atoms with Crippen LogP contribution in [0.4, 0.5) is 10.5 Å². The van der Waals surface area contributed by atoms with Crippen molar-refractivity contribution in [3.63, 3.8) is 0 Å². The molecule has 0 spiro atoms. The van der Waals surface area contributed by atoms with E-state index >= 15 is 0 Å². The molecule has 4 aromatic rings. The second kappa shape index (κ2) is 8.74. The maximum atomic E-state index is 12.4. The van der Waals surface area contributed by atoms with Crippen LogP contribution in [0.25, 0.3) is 33.5 Å². The third-order valence-corrected chi connectivity index (χ3v) is 5.06. The van der Waals surface area contributed by atoms with Crippen LogP contribution in [0.1, 0.15) is 13.8 Å². The van der Waals surface area contributed by atoms with Crippen molar-refractivity contribution >= 4 is 22.8 Å². The number of nitrogens with zero attached hydrogens (tertiary/aromatic N) is 3. The number of carbonyl (C=O) groups excluding carboxylic acids is 1. The lowest BCUT2D eigenvalue weighted by Gasteiger charge is -2.19. The maximum Gasteiger partial charge on any atom is 0.321 e. The molecule has 150 valence electrons. The Hall–Kier alpha value is -3.73. The highest BCUT2D eigenvalue weighted by atomic mass is 16.2. The summed E-state index contributed by atoms with van der Waals surface area (Å²) in [5, 5.41) is 2.96. The Kier molecular flexibility index (Phi) is 5.70. The van der Waals surface area contributed by atoms with Crippen molar-refractivity contribution in [3.8, 4) is 22.5 Å². The minimum Gasteiger partial charge on any atom is -0.325 e. The standard InChI is InChI=1S/C25H24N4O/c1-3-29(4-2)25(30)26-20-15-16-21-22(17-20)28-24(19-13-9-6-10-14-19)23(27-21)18-11-7-5-8-12-18/h5-17H,3-4H2,1-2H3,(H,26,30). The van der Waals surface area contributed by atoms with E-state index in [9.17, 15) is 4.79 Å². The molecular weight excluding hydrogens is 372 g/mol. The summed E-state index contributed by atoms with van der Waals surface area (Å²) < 4.78 is 0. The van der Waals surface area contributed by atoms with Gasteiger partial charge in [-0.15, -0.1) is 0 Å². The molecule has 0 aliphatic heterocycles. The van der Waals surface area contributed by atoms with Crippen molar-refractivity contribution in [1.29, 1.82) is 0 Å². The highest BCUT2D eigenvalue weighted by molar-refractivity contribution is 5.93. The van der Waals surface area contributed by atoms with Gasteiger partial charge in [-0.2, -0.15) is 0 Å². The van der Waals surface area contributed by atoms with E-state index in [1.165, 1.54) is 0 Å². The van der Waals surface area contributed by atoms with Gasteiger partial charge < -0.3 is 10.2 Å². The molecular formula is C25H24N4O. The van der Waals surface area contributed by atoms with Crippen LogP contribution >= 0.6 is 0 Å². The van der Waals surface area contributed by atoms with Gasteiger partial charge in [-0.05, 0) is 32.0 Å². The van der Waals surface area contributed by atoms with Crippen molar-refractivity contribution in [3.05, 3.63) is 78.9 Å². The normalized spacial score (nSPS) is 10.7. The average Bonchev–Trinajstić information content (AvgIpc) is 2.80. The van der Waals surface area contributed by atoms with Crippen molar-refractivity contribution in [1.82, 2.24) is 14.9 Å². The number of anilines is 1. The van der Waals surface area contributed by atoms with Gasteiger partial charge in [0.1, 0.15) is 0 Å². The van der Waals surface area contributed by atoms with Gasteiger partial charge in [0.25, 0.3) is 0 Å². The SMILES string of the molecule is CCN(CC)C(=O)Nc1ccc2nc(-c3ccccc3)c(-c3ccccc3)nc2c1. The quantitative estimate of drug-likeness (QED) is 0.461. The van der Waals surface area contributed by atoms with E-state index in [0.29, 0.717) is 18.8 Å². The molecule has 5 nitrogen and oxygen atoms in total. The highest BCUT2D eigenvalue weighted by Crippen LogP contribution is 2.31. The van der Waals surface area contributed by atoms with E-state index in [2.05, 4.69) is 5.32 Å². The van der Waals surface area contributed by atoms with Crippen LogP contribution < -0.4 is 5.32 Å². The van der Waals surface area contributed by atoms with Gasteiger partial charge in [-0.1, -0.05) is 60.7 Å². The lowest BCUT2D eigenvalue weighted by atomic mass is 10.0. The number of hydrogen-bond acceptors (Lipinski definition) is 3. The maximum absolute atomic E-state index is 12.4. The Labute approximate surface area is 176 Å². The van der Waals surface area contributed by atoms with Crippen LogP contribution in [0, 0.1) is 0 Å². The minimum absolute atomic E-state index is 0.114. The molecule has 0 saturated carbocycles. The van der Waals surface area contributed by atoms with E-state index in [4.69, 9.17) is 9.97 Å². The number of fused-ring (bicyclic) bond motifs is 1. The topological polar surface area (TPSA) is 58.1 Å². The third-order valence-electron chi connectivity index (χ3n) is 5.06. The Morgan fingerprint density at radius 1 is 0.767 bits per heavy atom. The van der Waals surface area contributed by atoms with E-state index in [1.54, 1.807) is 4.90 Å². The largest absolute Gasteiger partial charge is 0.325 e. The minimum atomic E-state index is -0.114. The molecule has 0 atom stereocenters. The predicted molar refractivity (Wildman–Crippen MR) is 122 cm³/mol. The second-order valence-electron chi connectivity index (χ2n) is 6.96. The fourth-order valence-corrected chi connectivity index (χ4v) is 3.44. The van der Waals surface area contributed by atoms with Crippen LogP contribution in [-0.4, -0.2) is 34.0 Å². The molecule has 0 aliphatic rings. The van der Waals surface area contributed by atoms with E-state index < -0.39 is 0 Å². The molecule has 4 rings (SSSR count). The van der Waals surface area contributed by atoms with Crippen molar-refractivity contribution in [2.24, 2.45) is 0 Å². The number of carbonyl (C=O) groups is 1. The van der Waals surface area contributed by atoms with Crippen LogP contribution in [0.3, 0.4) is 0 Å². The van der Waals surface area contributed by atoms with Crippen LogP contribution in [0.15, 0.2) is 78.9 Å². The molecule has 1 N–H and O–H groups in total. The molecule has 0 fully saturated rings. The number of rotatable bonds is 5. The molecule has 1 heterocycles. The Morgan fingerprint density at radius 2 is 1.30 bits per heavy atom. The van der Waals surface area contributed by atoms with Gasteiger partial charge >= 0.3 is 6.03 Å². The molecule has 0 radical (unpaired) electrons. The molecule has 1 aromatic heterocycles. The Morgan fingerprint density at radius 3 is 1.83 bits per heavy atom. The van der Waals surface area contributed by atoms with Gasteiger partial charge in [0, 0.05) is 29.9 Å². The fourth-order valence-electron chi connectivity index (χ4n) is 3.44. The zero-order valence-electron chi connectivity index (χ0n) is 17.2. The summed E-state index contributed by atoms with van der Waals surface area (Å²) >= 11 is 0. The molecule has 3 aromatic carbocycles. The van der Waals surface area contributed by atoms with E-state index in [-0.39, 0.29) is 6.03 Å². The zero-order chi connectivity index (χ0) is 20.9. The first-order valence-corrected chi connectivity index (χ1v) is 10.2. The average molecular weight is 396 g/mol. The molecule has 0 aliphatic carbocycles. The first-order chi connectivity index (χ1) is 14.7. The van der Waals surface area contributed by atoms with E-state index in [0.717, 1.165) is 33.5 Å². The molecule has 2 amide bonds. The highest BCUT2D eigenvalue weighted by Gasteiger charge is 2.14. The predicted octanol–water partition coefficient (Wildman–Crippen LogP) is 5.84. The molecule has 5 heteroatoms. The van der Waals surface area contributed by atoms with Crippen molar-refractivity contribution in [2.45, 2.75) is 13.8 Å². The molecule has 0 bridgehead atoms. The number of hydrogen-bond donors (Lipinski definition) is 1. The third kappa shape index (κ3) is 4.01. The summed E-state index contributed by atoms with van der Waals surface area (Å²) in [5.41, 5.74) is 5.92. The Balaban J connectivity index is 1.81. The molecule has 0 unspecified atom stereocenters. The molecule has 30 heavy (non-hydrogen) atoms. The summed E-state index contributed by atoms with van der Waals surface area (Å²) in [7, 11) is 0. The number of nitrogens with one attached hydrogen (secondary N) is 1. The first kappa shape index (κ1) is 19.6. The summed E-state index contributed by atoms with van der Waals surface area (Å²) in [6.07, 6.45) is 0. The summed E-state index contributed by atoms with van der Waals surface area (Å²) in [4.78, 5) is 24.0. The summed E-state index contributed by atoms with van der Waals surface area (Å²) in [5.74, 6) is 0. The number of amides is 2.